The van der Waals surface area contributed by atoms with E-state index in [2.05, 4.69) is 85.6 Å². The Hall–Kier alpha value is -2.69. The van der Waals surface area contributed by atoms with Gasteiger partial charge < -0.3 is 15.0 Å². The summed E-state index contributed by atoms with van der Waals surface area (Å²) in [6, 6.07) is 23.5. The molecule has 0 aromatic heterocycles. The van der Waals surface area contributed by atoms with Crippen molar-refractivity contribution in [2.45, 2.75) is 39.0 Å². The Morgan fingerprint density at radius 3 is 2.66 bits per heavy atom. The molecule has 184 valence electrons. The van der Waals surface area contributed by atoms with Crippen molar-refractivity contribution < 1.29 is 10.1 Å². The minimum Gasteiger partial charge on any atom is -0.492 e. The summed E-state index contributed by atoms with van der Waals surface area (Å²) in [5.74, 6) is 2.08. The molecule has 3 aromatic rings. The Kier molecular flexibility index (Phi) is 8.95. The number of fused-ring (bicyclic) bond motifs is 1. The van der Waals surface area contributed by atoms with E-state index in [1.165, 1.54) is 33.5 Å². The maximum atomic E-state index is 5.91. The molecule has 0 aliphatic carbocycles. The van der Waals surface area contributed by atoms with Crippen LogP contribution < -0.4 is 10.1 Å². The molecule has 1 fully saturated rings. The van der Waals surface area contributed by atoms with Crippen molar-refractivity contribution >= 4 is 28.2 Å². The lowest BCUT2D eigenvalue weighted by Gasteiger charge is -2.27. The molecule has 1 aliphatic heterocycles. The first-order valence-corrected chi connectivity index (χ1v) is 13.8. The average molecular weight is 488 g/mol. The number of allylic oxidation sites excluding steroid dienone is 3. The van der Waals surface area contributed by atoms with Gasteiger partial charge in [0.15, 0.2) is 0 Å². The summed E-state index contributed by atoms with van der Waals surface area (Å²) in [6.07, 6.45) is 9.05. The summed E-state index contributed by atoms with van der Waals surface area (Å²) in [4.78, 5) is 2.44. The topological polar surface area (TPSA) is 29.1 Å². The number of hydrogen-bond donors (Lipinski definition) is 1. The number of nitrogens with zero attached hydrogens (tertiary/aromatic N) is 1. The molecule has 1 aliphatic rings. The van der Waals surface area contributed by atoms with Gasteiger partial charge in [0.25, 0.3) is 0 Å². The number of hydrogen-bond acceptors (Lipinski definition) is 3. The molecule has 1 saturated heterocycles. The summed E-state index contributed by atoms with van der Waals surface area (Å²) >= 11 is 1.94. The van der Waals surface area contributed by atoms with Crippen molar-refractivity contribution in [2.75, 3.05) is 32.0 Å². The zero-order chi connectivity index (χ0) is 24.5. The molecule has 0 radical (unpaired) electrons. The second kappa shape index (κ2) is 12.3. The van der Waals surface area contributed by atoms with Gasteiger partial charge in [-0.15, -0.1) is 11.8 Å². The van der Waals surface area contributed by atoms with Gasteiger partial charge in [-0.3, -0.25) is 0 Å². The summed E-state index contributed by atoms with van der Waals surface area (Å²) in [5, 5.41) is 6.47. The van der Waals surface area contributed by atoms with E-state index < -0.39 is 0 Å². The first-order valence-electron chi connectivity index (χ1n) is 12.9. The zero-order valence-corrected chi connectivity index (χ0v) is 22.2. The van der Waals surface area contributed by atoms with Gasteiger partial charge in [0, 0.05) is 17.9 Å². The number of thioether (sulfide) groups is 1. The lowest BCUT2D eigenvalue weighted by atomic mass is 9.78. The van der Waals surface area contributed by atoms with Crippen LogP contribution in [-0.2, 0) is 5.41 Å². The van der Waals surface area contributed by atoms with Crippen LogP contribution in [0.3, 0.4) is 0 Å². The molecule has 0 spiro atoms. The minimum absolute atomic E-state index is 0.0431. The van der Waals surface area contributed by atoms with Crippen molar-refractivity contribution in [1.29, 1.82) is 0 Å². The van der Waals surface area contributed by atoms with Gasteiger partial charge in [-0.2, -0.15) is 0 Å². The third kappa shape index (κ3) is 6.71. The molecular formula is C31H39N2OS+. The molecule has 0 unspecified atom stereocenters. The van der Waals surface area contributed by atoms with Crippen LogP contribution in [0.4, 0.5) is 5.69 Å². The monoisotopic (exact) mass is 487 g/mol. The second-order valence-electron chi connectivity index (χ2n) is 9.76. The van der Waals surface area contributed by atoms with E-state index in [1.807, 2.05) is 42.1 Å². The Morgan fingerprint density at radius 2 is 1.83 bits per heavy atom. The van der Waals surface area contributed by atoms with Crippen molar-refractivity contribution in [3.8, 4) is 5.75 Å². The normalized spacial score (nSPS) is 15.5. The summed E-state index contributed by atoms with van der Waals surface area (Å²) in [7, 11) is 0. The molecule has 0 amide bonds. The van der Waals surface area contributed by atoms with Crippen LogP contribution >= 0.6 is 11.8 Å². The van der Waals surface area contributed by atoms with Gasteiger partial charge in [-0.1, -0.05) is 75.4 Å². The van der Waals surface area contributed by atoms with Gasteiger partial charge in [0.1, 0.15) is 18.0 Å². The maximum absolute atomic E-state index is 5.91. The lowest BCUT2D eigenvalue weighted by molar-refractivity contribution is -0.572. The molecule has 3 aromatic carbocycles. The highest BCUT2D eigenvalue weighted by Gasteiger charge is 2.27. The number of quaternary nitrogens is 1. The predicted octanol–water partition coefficient (Wildman–Crippen LogP) is 6.64. The van der Waals surface area contributed by atoms with Crippen LogP contribution in [0.1, 0.15) is 39.2 Å². The van der Waals surface area contributed by atoms with Crippen LogP contribution in [-0.4, -0.2) is 36.9 Å². The summed E-state index contributed by atoms with van der Waals surface area (Å²) < 4.78 is 5.91. The zero-order valence-electron chi connectivity index (χ0n) is 21.4. The average Bonchev–Trinajstić information content (AvgIpc) is 3.32. The standard InChI is InChI=1S/C31H38N2OS/c1-4-20-32-28-18-17-25-12-8-9-15-27(25)30(28)31(2,3)19-11-10-16-29-33(22-24-35-29)21-23-34-26-13-6-5-7-14-26/h5-18,32H,4,19-24H2,1-3H3/p+1/b11-10+,29-16-. The SMILES string of the molecule is CCC[NH2+]c1ccc2ccccc2c1C(C)(C)C/C=C/C=C1\SCCN1CCOc1ccccc1. The van der Waals surface area contributed by atoms with E-state index in [-0.39, 0.29) is 5.41 Å². The van der Waals surface area contributed by atoms with Crippen molar-refractivity contribution in [2.24, 2.45) is 0 Å². The van der Waals surface area contributed by atoms with Gasteiger partial charge in [-0.05, 0) is 59.4 Å². The highest BCUT2D eigenvalue weighted by atomic mass is 32.2. The number of para-hydroxylation sites is 1. The number of ether oxygens (including phenoxy) is 1. The molecular weight excluding hydrogens is 448 g/mol. The predicted molar refractivity (Wildman–Crippen MR) is 152 cm³/mol. The van der Waals surface area contributed by atoms with Crippen LogP contribution in [0.25, 0.3) is 10.8 Å². The molecule has 0 saturated carbocycles. The number of benzene rings is 3. The molecule has 35 heavy (non-hydrogen) atoms. The highest BCUT2D eigenvalue weighted by molar-refractivity contribution is 8.03. The molecule has 3 nitrogen and oxygen atoms in total. The fourth-order valence-electron chi connectivity index (χ4n) is 4.76. The Balaban J connectivity index is 1.42. The molecule has 1 heterocycles. The van der Waals surface area contributed by atoms with E-state index in [0.717, 1.165) is 37.6 Å². The summed E-state index contributed by atoms with van der Waals surface area (Å²) in [6.45, 7) is 10.8. The second-order valence-corrected chi connectivity index (χ2v) is 10.9. The van der Waals surface area contributed by atoms with E-state index in [1.54, 1.807) is 0 Å². The Labute approximate surface area is 215 Å². The molecule has 0 atom stereocenters. The van der Waals surface area contributed by atoms with Gasteiger partial charge in [-0.25, -0.2) is 0 Å². The third-order valence-electron chi connectivity index (χ3n) is 6.59. The van der Waals surface area contributed by atoms with Gasteiger partial charge in [0.05, 0.1) is 18.1 Å². The third-order valence-corrected chi connectivity index (χ3v) is 7.67. The molecule has 2 N–H and O–H groups in total. The minimum atomic E-state index is 0.0431. The summed E-state index contributed by atoms with van der Waals surface area (Å²) in [5.41, 5.74) is 2.90. The van der Waals surface area contributed by atoms with Gasteiger partial charge in [0.2, 0.25) is 0 Å². The van der Waals surface area contributed by atoms with E-state index in [9.17, 15) is 0 Å². The number of rotatable bonds is 11. The maximum Gasteiger partial charge on any atom is 0.133 e. The van der Waals surface area contributed by atoms with Crippen LogP contribution in [0.5, 0.6) is 5.75 Å². The van der Waals surface area contributed by atoms with Crippen LogP contribution in [0.2, 0.25) is 0 Å². The molecule has 4 rings (SSSR count). The first-order chi connectivity index (χ1) is 17.1. The van der Waals surface area contributed by atoms with E-state index >= 15 is 0 Å². The van der Waals surface area contributed by atoms with E-state index in [0.29, 0.717) is 6.61 Å². The first kappa shape index (κ1) is 25.4. The largest absolute Gasteiger partial charge is 0.492 e. The molecule has 4 heteroatoms. The highest BCUT2D eigenvalue weighted by Crippen LogP contribution is 2.37. The van der Waals surface area contributed by atoms with Gasteiger partial charge >= 0.3 is 0 Å². The van der Waals surface area contributed by atoms with Crippen LogP contribution in [0, 0.1) is 0 Å². The Morgan fingerprint density at radius 1 is 1.03 bits per heavy atom. The lowest BCUT2D eigenvalue weighted by Crippen LogP contribution is -2.78. The van der Waals surface area contributed by atoms with Crippen molar-refractivity contribution in [3.63, 3.8) is 0 Å². The van der Waals surface area contributed by atoms with Crippen molar-refractivity contribution in [1.82, 2.24) is 4.90 Å². The molecule has 0 bridgehead atoms. The fraction of sp³-hybridized carbons (Fsp3) is 0.355. The van der Waals surface area contributed by atoms with E-state index in [4.69, 9.17) is 4.74 Å². The fourth-order valence-corrected chi connectivity index (χ4v) is 5.82. The van der Waals surface area contributed by atoms with Crippen molar-refractivity contribution in [3.05, 3.63) is 95.6 Å². The quantitative estimate of drug-likeness (QED) is 0.308. The smallest absolute Gasteiger partial charge is 0.133 e. The number of nitrogens with two attached hydrogens (primary N) is 1. The van der Waals surface area contributed by atoms with Crippen LogP contribution in [0.15, 0.2) is 90.0 Å². The Bertz CT molecular complexity index is 1150.